The number of nitrogens with two attached hydrogens (primary N) is 1. The number of aromatic nitrogens is 2. The Kier molecular flexibility index (Phi) is 8.46. The second-order valence-electron chi connectivity index (χ2n) is 10.2. The molecule has 0 spiro atoms. The molecule has 10 nitrogen and oxygen atoms in total. The summed E-state index contributed by atoms with van der Waals surface area (Å²) >= 11 is 0. The zero-order chi connectivity index (χ0) is 30.0. The summed E-state index contributed by atoms with van der Waals surface area (Å²) in [5.41, 5.74) is 7.90. The highest BCUT2D eigenvalue weighted by atomic mass is 19.1. The van der Waals surface area contributed by atoms with E-state index in [9.17, 15) is 18.4 Å². The average Bonchev–Trinajstić information content (AvgIpc) is 3.75. The van der Waals surface area contributed by atoms with Crippen LogP contribution in [0.25, 0.3) is 11.3 Å². The first-order valence-electron chi connectivity index (χ1n) is 13.5. The molecule has 2 atom stereocenters. The van der Waals surface area contributed by atoms with Gasteiger partial charge in [-0.1, -0.05) is 12.6 Å². The fourth-order valence-electron chi connectivity index (χ4n) is 5.05. The fourth-order valence-corrected chi connectivity index (χ4v) is 5.05. The van der Waals surface area contributed by atoms with Gasteiger partial charge in [-0.05, 0) is 67.5 Å². The highest BCUT2D eigenvalue weighted by Gasteiger charge is 2.38. The van der Waals surface area contributed by atoms with Crippen molar-refractivity contribution in [3.05, 3.63) is 77.6 Å². The Labute approximate surface area is 241 Å². The van der Waals surface area contributed by atoms with Crippen LogP contribution in [0.5, 0.6) is 5.75 Å². The van der Waals surface area contributed by atoms with Crippen LogP contribution in [0.2, 0.25) is 0 Å². The van der Waals surface area contributed by atoms with Gasteiger partial charge in [0.15, 0.2) is 11.6 Å². The Morgan fingerprint density at radius 1 is 1.19 bits per heavy atom. The summed E-state index contributed by atoms with van der Waals surface area (Å²) in [5.74, 6) is -2.25. The zero-order valence-corrected chi connectivity index (χ0v) is 23.2. The number of amides is 1. The number of hydrogen-bond donors (Lipinski definition) is 2. The van der Waals surface area contributed by atoms with Crippen LogP contribution in [0.15, 0.2) is 49.3 Å². The Balaban J connectivity index is 1.41. The summed E-state index contributed by atoms with van der Waals surface area (Å²) in [7, 11) is 1.54. The van der Waals surface area contributed by atoms with Crippen LogP contribution >= 0.6 is 0 Å². The number of carbonyl (C=O) groups excluding carboxylic acids is 2. The van der Waals surface area contributed by atoms with E-state index in [0.717, 1.165) is 30.5 Å². The first-order chi connectivity index (χ1) is 20.2. The van der Waals surface area contributed by atoms with Crippen molar-refractivity contribution in [3.8, 4) is 17.0 Å². The molecule has 0 bridgehead atoms. The topological polar surface area (TPSA) is 129 Å². The van der Waals surface area contributed by atoms with Crippen molar-refractivity contribution < 1.29 is 32.7 Å². The molecule has 2 fully saturated rings. The van der Waals surface area contributed by atoms with Crippen molar-refractivity contribution in [2.24, 2.45) is 0 Å². The number of nitrogens with one attached hydrogen (secondary N) is 1. The van der Waals surface area contributed by atoms with Gasteiger partial charge in [0.05, 0.1) is 11.7 Å². The van der Waals surface area contributed by atoms with Crippen LogP contribution in [0.1, 0.15) is 46.7 Å². The van der Waals surface area contributed by atoms with Crippen LogP contribution in [0.3, 0.4) is 0 Å². The molecule has 0 radical (unpaired) electrons. The van der Waals surface area contributed by atoms with E-state index < -0.39 is 29.6 Å². The van der Waals surface area contributed by atoms with Gasteiger partial charge in [0.25, 0.3) is 5.91 Å². The lowest BCUT2D eigenvalue weighted by Crippen LogP contribution is -2.41. The number of ether oxygens (including phenoxy) is 2. The normalized spacial score (nSPS) is 18.5. The summed E-state index contributed by atoms with van der Waals surface area (Å²) < 4.78 is 41.3. The van der Waals surface area contributed by atoms with Crippen LogP contribution in [0.4, 0.5) is 20.3 Å². The van der Waals surface area contributed by atoms with Crippen LogP contribution in [-0.4, -0.2) is 59.3 Å². The van der Waals surface area contributed by atoms with Gasteiger partial charge in [-0.2, -0.15) is 0 Å². The number of methoxy groups -OCH3 is 1. The number of nitrogen functional groups attached to an aromatic ring is 1. The van der Waals surface area contributed by atoms with E-state index in [4.69, 9.17) is 20.0 Å². The fraction of sp³-hybridized carbons (Fsp3) is 0.333. The Hall–Kier alpha value is -4.42. The number of anilines is 2. The molecule has 0 unspecified atom stereocenters. The third-order valence-corrected chi connectivity index (χ3v) is 7.50. The predicted octanol–water partition coefficient (Wildman–Crippen LogP) is 4.55. The third kappa shape index (κ3) is 6.09. The minimum Gasteiger partial charge on any atom is -0.486 e. The van der Waals surface area contributed by atoms with E-state index in [-0.39, 0.29) is 46.8 Å². The summed E-state index contributed by atoms with van der Waals surface area (Å²) in [6.45, 7) is 5.47. The maximum absolute atomic E-state index is 14.9. The van der Waals surface area contributed by atoms with Crippen molar-refractivity contribution in [2.75, 3.05) is 31.3 Å². The second kappa shape index (κ2) is 12.2. The largest absolute Gasteiger partial charge is 0.486 e. The van der Waals surface area contributed by atoms with E-state index in [1.807, 2.05) is 0 Å². The number of rotatable bonds is 10. The van der Waals surface area contributed by atoms with Crippen LogP contribution < -0.4 is 15.8 Å². The van der Waals surface area contributed by atoms with Crippen LogP contribution in [0, 0.1) is 18.6 Å². The first-order valence-corrected chi connectivity index (χ1v) is 13.5. The number of nitrogens with zero attached hydrogens (tertiary/aromatic N) is 3. The van der Waals surface area contributed by atoms with Gasteiger partial charge in [0, 0.05) is 31.0 Å². The first kappa shape index (κ1) is 29.1. The Morgan fingerprint density at radius 3 is 2.67 bits per heavy atom. The standard InChI is InChI=1S/C30H31F2N5O5/c1-4-26(38)42-37-10-9-25(40-3)24(37)14-41-28-27(34-15-35-29(28)33)21-12-19(31)13-23(16(21)2)36-30(39)20-8-7-18(11-22(20)32)17-5-6-17/h4,7-8,11-13,15,17,24-25H,1,5-6,9-10,14H2,2-3H3,(H,36,39)(H2,33,34,35)/t24-,25+/m1/s1. The smallest absolute Gasteiger partial charge is 0.349 e. The monoisotopic (exact) mass is 579 g/mol. The molecular weight excluding hydrogens is 548 g/mol. The van der Waals surface area contributed by atoms with E-state index in [1.165, 1.54) is 29.6 Å². The lowest BCUT2D eigenvalue weighted by Gasteiger charge is -2.26. The Morgan fingerprint density at radius 2 is 1.98 bits per heavy atom. The molecule has 1 saturated carbocycles. The molecule has 2 aromatic carbocycles. The molecule has 3 aromatic rings. The van der Waals surface area contributed by atoms with Crippen LogP contribution in [-0.2, 0) is 14.4 Å². The van der Waals surface area contributed by atoms with E-state index in [1.54, 1.807) is 20.1 Å². The van der Waals surface area contributed by atoms with Gasteiger partial charge in [-0.15, -0.1) is 5.06 Å². The van der Waals surface area contributed by atoms with E-state index in [0.29, 0.717) is 24.4 Å². The molecule has 5 rings (SSSR count). The van der Waals surface area contributed by atoms with Crippen molar-refractivity contribution in [2.45, 2.75) is 44.2 Å². The molecule has 1 amide bonds. The summed E-state index contributed by atoms with van der Waals surface area (Å²) in [4.78, 5) is 38.5. The molecule has 1 aliphatic heterocycles. The molecular formula is C30H31F2N5O5. The molecule has 1 aromatic heterocycles. The lowest BCUT2D eigenvalue weighted by molar-refractivity contribution is -0.194. The summed E-state index contributed by atoms with van der Waals surface area (Å²) in [5, 5.41) is 4.08. The number of hydrogen-bond acceptors (Lipinski definition) is 9. The van der Waals surface area contributed by atoms with Crippen molar-refractivity contribution in [1.82, 2.24) is 15.0 Å². The number of benzene rings is 2. The molecule has 12 heteroatoms. The second-order valence-corrected chi connectivity index (χ2v) is 10.2. The summed E-state index contributed by atoms with van der Waals surface area (Å²) in [6.07, 6.45) is 4.54. The molecule has 220 valence electrons. The predicted molar refractivity (Wildman–Crippen MR) is 151 cm³/mol. The van der Waals surface area contributed by atoms with Crippen molar-refractivity contribution >= 4 is 23.4 Å². The van der Waals surface area contributed by atoms with Crippen molar-refractivity contribution in [1.29, 1.82) is 0 Å². The molecule has 42 heavy (non-hydrogen) atoms. The summed E-state index contributed by atoms with van der Waals surface area (Å²) in [6, 6.07) is 6.45. The van der Waals surface area contributed by atoms with Gasteiger partial charge in [-0.25, -0.2) is 23.5 Å². The maximum Gasteiger partial charge on any atom is 0.349 e. The quantitative estimate of drug-likeness (QED) is 0.332. The number of halogens is 2. The number of carbonyl (C=O) groups is 2. The molecule has 2 heterocycles. The van der Waals surface area contributed by atoms with Crippen molar-refractivity contribution in [3.63, 3.8) is 0 Å². The maximum atomic E-state index is 14.9. The number of hydroxylamine groups is 2. The lowest BCUT2D eigenvalue weighted by atomic mass is 10.0. The third-order valence-electron chi connectivity index (χ3n) is 7.50. The van der Waals surface area contributed by atoms with E-state index >= 15 is 0 Å². The van der Waals surface area contributed by atoms with E-state index in [2.05, 4.69) is 21.9 Å². The SMILES string of the molecule is C=CC(=O)ON1CC[C@H](OC)[C@H]1COc1c(N)ncnc1-c1cc(F)cc(NC(=O)c2ccc(C3CC3)cc2F)c1C. The molecule has 2 aliphatic rings. The average molecular weight is 580 g/mol. The zero-order valence-electron chi connectivity index (χ0n) is 23.2. The van der Waals surface area contributed by atoms with Gasteiger partial charge >= 0.3 is 5.97 Å². The van der Waals surface area contributed by atoms with Gasteiger partial charge in [-0.3, -0.25) is 4.79 Å². The van der Waals surface area contributed by atoms with Gasteiger partial charge in [0.2, 0.25) is 0 Å². The highest BCUT2D eigenvalue weighted by molar-refractivity contribution is 6.05. The Bertz CT molecular complexity index is 1530. The molecule has 1 aliphatic carbocycles. The minimum absolute atomic E-state index is 0.00586. The highest BCUT2D eigenvalue weighted by Crippen LogP contribution is 2.41. The molecule has 3 N–H and O–H groups in total. The van der Waals surface area contributed by atoms with Gasteiger partial charge in [0.1, 0.15) is 36.3 Å². The van der Waals surface area contributed by atoms with Gasteiger partial charge < -0.3 is 25.4 Å². The minimum atomic E-state index is -0.714. The molecule has 1 saturated heterocycles.